The molecule has 4 aromatic carbocycles. The molecule has 4 aromatic rings. The van der Waals surface area contributed by atoms with Crippen molar-refractivity contribution in [3.8, 4) is 11.1 Å². The van der Waals surface area contributed by atoms with Gasteiger partial charge in [-0.1, -0.05) is 104 Å². The summed E-state index contributed by atoms with van der Waals surface area (Å²) in [6.07, 6.45) is -0.364. The first-order valence-electron chi connectivity index (χ1n) is 16.7. The van der Waals surface area contributed by atoms with Gasteiger partial charge in [0.05, 0.1) is 18.8 Å². The zero-order valence-electron chi connectivity index (χ0n) is 27.9. The molecule has 3 N–H and O–H groups in total. The van der Waals surface area contributed by atoms with E-state index in [4.69, 9.17) is 14.6 Å². The normalized spacial score (nSPS) is 19.9. The van der Waals surface area contributed by atoms with Gasteiger partial charge in [-0.05, 0) is 59.8 Å². The van der Waals surface area contributed by atoms with Gasteiger partial charge in [0, 0.05) is 43.5 Å². The third-order valence-electron chi connectivity index (χ3n) is 9.26. The highest BCUT2D eigenvalue weighted by Gasteiger charge is 2.39. The van der Waals surface area contributed by atoms with Crippen LogP contribution in [0.3, 0.4) is 0 Å². The lowest BCUT2D eigenvalue weighted by molar-refractivity contribution is -0.276. The second kappa shape index (κ2) is 16.7. The van der Waals surface area contributed by atoms with Crippen molar-refractivity contribution in [1.29, 1.82) is 0 Å². The van der Waals surface area contributed by atoms with Gasteiger partial charge in [0.2, 0.25) is 5.91 Å². The number of aliphatic carboxylic acids is 1. The summed E-state index contributed by atoms with van der Waals surface area (Å²) < 4.78 is 13.4. The Morgan fingerprint density at radius 3 is 2.23 bits per heavy atom. The fourth-order valence-electron chi connectivity index (χ4n) is 6.14. The van der Waals surface area contributed by atoms with Crippen molar-refractivity contribution in [3.63, 3.8) is 0 Å². The van der Waals surface area contributed by atoms with Gasteiger partial charge in [-0.2, -0.15) is 0 Å². The number of carboxylic acids is 1. The quantitative estimate of drug-likeness (QED) is 0.132. The van der Waals surface area contributed by atoms with Crippen LogP contribution >= 0.6 is 0 Å². The number of nitrogens with one attached hydrogen (secondary N) is 1. The van der Waals surface area contributed by atoms with Crippen molar-refractivity contribution in [2.45, 2.75) is 70.8 Å². The maximum atomic E-state index is 12.1. The van der Waals surface area contributed by atoms with Gasteiger partial charge in [0.25, 0.3) is 0 Å². The minimum atomic E-state index is -0.896. The summed E-state index contributed by atoms with van der Waals surface area (Å²) in [4.78, 5) is 25.2. The number of aliphatic hydroxyl groups excluding tert-OH is 1. The number of ether oxygens (including phenoxy) is 2. The molecule has 0 saturated carbocycles. The van der Waals surface area contributed by atoms with Gasteiger partial charge in [0.1, 0.15) is 0 Å². The molecule has 48 heavy (non-hydrogen) atoms. The van der Waals surface area contributed by atoms with E-state index < -0.39 is 12.3 Å². The molecule has 1 aliphatic heterocycles. The molecule has 1 amide bonds. The number of benzene rings is 4. The van der Waals surface area contributed by atoms with Crippen LogP contribution in [0, 0.1) is 5.92 Å². The summed E-state index contributed by atoms with van der Waals surface area (Å²) in [5, 5.41) is 21.3. The summed E-state index contributed by atoms with van der Waals surface area (Å²) in [5.41, 5.74) is 7.11. The van der Waals surface area contributed by atoms with Gasteiger partial charge in [-0.15, -0.1) is 0 Å². The lowest BCUT2D eigenvalue weighted by Gasteiger charge is -2.43. The Balaban J connectivity index is 1.31. The lowest BCUT2D eigenvalue weighted by atomic mass is 9.89. The number of likely N-dealkylation sites (N-methyl/N-ethyl adjacent to an activating group) is 1. The lowest BCUT2D eigenvalue weighted by Crippen LogP contribution is -2.44. The van der Waals surface area contributed by atoms with Crippen LogP contribution in [-0.2, 0) is 32.2 Å². The molecule has 8 heteroatoms. The van der Waals surface area contributed by atoms with Gasteiger partial charge < -0.3 is 25.0 Å². The van der Waals surface area contributed by atoms with E-state index in [0.717, 1.165) is 39.9 Å². The van der Waals surface area contributed by atoms with E-state index >= 15 is 0 Å². The molecule has 0 aliphatic carbocycles. The van der Waals surface area contributed by atoms with E-state index in [9.17, 15) is 14.7 Å². The molecule has 0 aromatic heterocycles. The average Bonchev–Trinajstić information content (AvgIpc) is 3.11. The number of carboxylic acid groups (broad SMARTS) is 1. The van der Waals surface area contributed by atoms with E-state index in [1.54, 1.807) is 0 Å². The predicted molar refractivity (Wildman–Crippen MR) is 186 cm³/mol. The summed E-state index contributed by atoms with van der Waals surface area (Å²) >= 11 is 0. The SMILES string of the molecule is C[C@H]1[C@@H](CN(C)[C@@H](C)c2ccccc2)O[C@@H](c2ccc(-c3cccc(CNC(=O)CCCC(=O)O)c3)cc2)O[C@H]1c1ccc(CO)cc1. The smallest absolute Gasteiger partial charge is 0.303 e. The van der Waals surface area contributed by atoms with Gasteiger partial charge in [0.15, 0.2) is 6.29 Å². The second-order valence-electron chi connectivity index (χ2n) is 12.7. The van der Waals surface area contributed by atoms with Crippen LogP contribution in [0.25, 0.3) is 11.1 Å². The fourth-order valence-corrected chi connectivity index (χ4v) is 6.14. The Hall–Kier alpha value is -4.34. The molecule has 0 unspecified atom stereocenters. The maximum Gasteiger partial charge on any atom is 0.303 e. The number of hydrogen-bond donors (Lipinski definition) is 3. The largest absolute Gasteiger partial charge is 0.481 e. The van der Waals surface area contributed by atoms with Crippen LogP contribution in [-0.4, -0.2) is 46.7 Å². The van der Waals surface area contributed by atoms with Gasteiger partial charge in [-0.3, -0.25) is 14.5 Å². The molecule has 8 nitrogen and oxygen atoms in total. The Labute approximate surface area is 283 Å². The molecular weight excluding hydrogens is 604 g/mol. The number of nitrogens with zero attached hydrogens (tertiary/aromatic N) is 1. The first-order valence-corrected chi connectivity index (χ1v) is 16.7. The highest BCUT2D eigenvalue weighted by Crippen LogP contribution is 2.42. The zero-order valence-corrected chi connectivity index (χ0v) is 27.9. The van der Waals surface area contributed by atoms with Crippen molar-refractivity contribution in [2.24, 2.45) is 5.92 Å². The van der Waals surface area contributed by atoms with Crippen molar-refractivity contribution in [2.75, 3.05) is 13.6 Å². The molecule has 5 atom stereocenters. The van der Waals surface area contributed by atoms with Crippen molar-refractivity contribution in [1.82, 2.24) is 10.2 Å². The summed E-state index contributed by atoms with van der Waals surface area (Å²) in [6.45, 7) is 5.49. The molecule has 1 saturated heterocycles. The van der Waals surface area contributed by atoms with E-state index in [-0.39, 0.29) is 49.5 Å². The Bertz CT molecular complexity index is 1630. The van der Waals surface area contributed by atoms with Gasteiger partial charge in [-0.25, -0.2) is 0 Å². The van der Waals surface area contributed by atoms with Crippen LogP contribution in [0.1, 0.15) is 79.4 Å². The molecule has 5 rings (SSSR count). The van der Waals surface area contributed by atoms with E-state index in [1.807, 2.05) is 66.7 Å². The number of hydrogen-bond acceptors (Lipinski definition) is 6. The topological polar surface area (TPSA) is 108 Å². The molecule has 0 spiro atoms. The molecule has 1 heterocycles. The van der Waals surface area contributed by atoms with Gasteiger partial charge >= 0.3 is 5.97 Å². The highest BCUT2D eigenvalue weighted by molar-refractivity contribution is 5.76. The van der Waals surface area contributed by atoms with Crippen LogP contribution in [0.5, 0.6) is 0 Å². The molecule has 1 aliphatic rings. The average molecular weight is 651 g/mol. The summed E-state index contributed by atoms with van der Waals surface area (Å²) in [6, 6.07) is 34.9. The van der Waals surface area contributed by atoms with E-state index in [1.165, 1.54) is 5.56 Å². The molecule has 0 radical (unpaired) electrons. The van der Waals surface area contributed by atoms with Crippen LogP contribution < -0.4 is 5.32 Å². The number of carbonyl (C=O) groups excluding carboxylic acids is 1. The fraction of sp³-hybridized carbons (Fsp3) is 0.350. The van der Waals surface area contributed by atoms with Crippen molar-refractivity contribution >= 4 is 11.9 Å². The molecule has 1 fully saturated rings. The number of carbonyl (C=O) groups is 2. The third kappa shape index (κ3) is 9.17. The first-order chi connectivity index (χ1) is 23.2. The minimum Gasteiger partial charge on any atom is -0.481 e. The zero-order chi connectivity index (χ0) is 34.0. The minimum absolute atomic E-state index is 0.00359. The standard InChI is InChI=1S/C40H46N2O6/c1-27-36(25-42(3)28(2)31-10-5-4-6-11-31)47-40(48-39(27)33-17-15-29(26-43)16-18-33)34-21-19-32(20-22-34)35-12-7-9-30(23-35)24-41-37(44)13-8-14-38(45)46/h4-7,9-12,15-23,27-28,36,39-40,43H,8,13-14,24-26H2,1-3H3,(H,41,44)(H,45,46)/t27-,28-,36+,39+,40+/m0/s1. The maximum absolute atomic E-state index is 12.1. The summed E-state index contributed by atoms with van der Waals surface area (Å²) in [7, 11) is 2.14. The Kier molecular flexibility index (Phi) is 12.1. The highest BCUT2D eigenvalue weighted by atomic mass is 16.7. The van der Waals surface area contributed by atoms with Crippen molar-refractivity contribution < 1.29 is 29.3 Å². The Morgan fingerprint density at radius 2 is 1.54 bits per heavy atom. The van der Waals surface area contributed by atoms with Crippen molar-refractivity contribution in [3.05, 3.63) is 131 Å². The summed E-state index contributed by atoms with van der Waals surface area (Å²) in [5.74, 6) is -0.979. The Morgan fingerprint density at radius 1 is 0.833 bits per heavy atom. The van der Waals surface area contributed by atoms with Crippen LogP contribution in [0.2, 0.25) is 0 Å². The molecule has 0 bridgehead atoms. The predicted octanol–water partition coefficient (Wildman–Crippen LogP) is 7.20. The second-order valence-corrected chi connectivity index (χ2v) is 12.7. The number of amides is 1. The van der Waals surface area contributed by atoms with E-state index in [2.05, 4.69) is 67.5 Å². The van der Waals surface area contributed by atoms with Crippen LogP contribution in [0.4, 0.5) is 0 Å². The third-order valence-corrected chi connectivity index (χ3v) is 9.26. The monoisotopic (exact) mass is 650 g/mol. The van der Waals surface area contributed by atoms with E-state index in [0.29, 0.717) is 13.0 Å². The van der Waals surface area contributed by atoms with Crippen LogP contribution in [0.15, 0.2) is 103 Å². The number of aliphatic hydroxyl groups is 1. The molecule has 252 valence electrons. The molecular formula is C40H46N2O6. The first kappa shape index (κ1) is 35.0. The number of rotatable bonds is 14.